The van der Waals surface area contributed by atoms with E-state index in [9.17, 15) is 15.0 Å². The van der Waals surface area contributed by atoms with E-state index < -0.39 is 11.0 Å². The van der Waals surface area contributed by atoms with Crippen LogP contribution in [0.15, 0.2) is 55.1 Å². The van der Waals surface area contributed by atoms with Gasteiger partial charge in [-0.05, 0) is 68.7 Å². The first-order valence-electron chi connectivity index (χ1n) is 14.3. The Morgan fingerprint density at radius 3 is 2.79 bits per heavy atom. The quantitative estimate of drug-likeness (QED) is 0.383. The number of carbonyl (C=O) groups is 1. The van der Waals surface area contributed by atoms with Gasteiger partial charge in [0.15, 0.2) is 11.5 Å². The number of carbonyl (C=O) groups excluding carboxylic acids is 1. The van der Waals surface area contributed by atoms with Crippen LogP contribution in [0.4, 0.5) is 0 Å². The van der Waals surface area contributed by atoms with Gasteiger partial charge in [0.1, 0.15) is 6.10 Å². The van der Waals surface area contributed by atoms with Crippen molar-refractivity contribution in [2.75, 3.05) is 20.1 Å². The molecule has 1 spiro atoms. The number of unbranched alkanes of at least 4 members (excludes halogenated alkanes) is 2. The van der Waals surface area contributed by atoms with Crippen LogP contribution in [0.1, 0.15) is 61.6 Å². The molecule has 2 aliphatic carbocycles. The Balaban J connectivity index is 1.21. The van der Waals surface area contributed by atoms with Gasteiger partial charge >= 0.3 is 0 Å². The van der Waals surface area contributed by atoms with Crippen molar-refractivity contribution < 1.29 is 19.7 Å². The first-order chi connectivity index (χ1) is 18.4. The summed E-state index contributed by atoms with van der Waals surface area (Å²) in [7, 11) is 1.90. The molecule has 1 saturated heterocycles. The number of likely N-dealkylation sites (tertiary alicyclic amines) is 1. The van der Waals surface area contributed by atoms with Crippen LogP contribution in [0.25, 0.3) is 0 Å². The smallest absolute Gasteiger partial charge is 0.222 e. The molecule has 6 heteroatoms. The lowest BCUT2D eigenvalue weighted by Gasteiger charge is -2.64. The Bertz CT molecular complexity index is 1220. The minimum absolute atomic E-state index is 0.0325. The molecule has 1 saturated carbocycles. The molecule has 0 unspecified atom stereocenters. The zero-order valence-corrected chi connectivity index (χ0v) is 22.4. The minimum Gasteiger partial charge on any atom is -0.504 e. The first kappa shape index (κ1) is 25.4. The maximum Gasteiger partial charge on any atom is 0.222 e. The summed E-state index contributed by atoms with van der Waals surface area (Å²) in [5.74, 6) is 0.792. The molecule has 2 N–H and O–H groups in total. The van der Waals surface area contributed by atoms with Crippen molar-refractivity contribution in [3.63, 3.8) is 0 Å². The average Bonchev–Trinajstić information content (AvgIpc) is 3.27. The number of aromatic hydroxyl groups is 1. The molecule has 2 heterocycles. The van der Waals surface area contributed by atoms with Crippen LogP contribution in [0.5, 0.6) is 11.5 Å². The van der Waals surface area contributed by atoms with Crippen molar-refractivity contribution in [3.05, 3.63) is 71.8 Å². The summed E-state index contributed by atoms with van der Waals surface area (Å²) in [5, 5.41) is 23.3. The first-order valence-corrected chi connectivity index (χ1v) is 14.3. The molecule has 2 fully saturated rings. The molecular weight excluding hydrogens is 476 g/mol. The van der Waals surface area contributed by atoms with E-state index in [0.29, 0.717) is 25.0 Å². The maximum atomic E-state index is 13.4. The Kier molecular flexibility index (Phi) is 6.51. The number of phenols is 1. The number of hydrogen-bond donors (Lipinski definition) is 2. The molecule has 1 amide bonds. The van der Waals surface area contributed by atoms with Gasteiger partial charge in [-0.3, -0.25) is 9.69 Å². The maximum absolute atomic E-state index is 13.4. The number of phenolic OH excluding ortho intramolecular Hbond substituents is 1. The minimum atomic E-state index is -0.969. The fourth-order valence-corrected chi connectivity index (χ4v) is 8.17. The van der Waals surface area contributed by atoms with E-state index in [2.05, 4.69) is 35.7 Å². The van der Waals surface area contributed by atoms with E-state index in [1.807, 2.05) is 30.2 Å². The van der Waals surface area contributed by atoms with Crippen molar-refractivity contribution in [1.82, 2.24) is 9.80 Å². The lowest BCUT2D eigenvalue weighted by Crippen LogP contribution is -2.78. The Hall–Kier alpha value is -2.83. The number of nitrogens with zero attached hydrogens (tertiary/aromatic N) is 2. The SMILES string of the molecule is C=CCN1CC[C@]23c4c5ccc(O)c4O[C@H]2[C@H](N(C)C(=O)CCCCCc2ccccc2)CC[C@@]3(O)[C@H]1C5. The van der Waals surface area contributed by atoms with Crippen molar-refractivity contribution in [2.24, 2.45) is 0 Å². The average molecular weight is 517 g/mol. The zero-order valence-electron chi connectivity index (χ0n) is 22.4. The lowest BCUT2D eigenvalue weighted by molar-refractivity contribution is -0.198. The van der Waals surface area contributed by atoms with E-state index in [4.69, 9.17) is 4.74 Å². The van der Waals surface area contributed by atoms with Gasteiger partial charge in [0.2, 0.25) is 5.91 Å². The zero-order chi connectivity index (χ0) is 26.5. The van der Waals surface area contributed by atoms with Crippen molar-refractivity contribution in [3.8, 4) is 11.5 Å². The van der Waals surface area contributed by atoms with Crippen LogP contribution in [0.2, 0.25) is 0 Å². The highest BCUT2D eigenvalue weighted by molar-refractivity contribution is 5.76. The molecule has 6 nitrogen and oxygen atoms in total. The second kappa shape index (κ2) is 9.73. The summed E-state index contributed by atoms with van der Waals surface area (Å²) in [6.07, 6.45) is 8.83. The van der Waals surface area contributed by atoms with E-state index in [1.54, 1.807) is 6.07 Å². The van der Waals surface area contributed by atoms with E-state index in [0.717, 1.165) is 62.7 Å². The van der Waals surface area contributed by atoms with Gasteiger partial charge in [-0.1, -0.05) is 48.9 Å². The standard InChI is InChI=1S/C32H40N2O4/c1-3-19-34-20-18-31-28-23-14-15-25(35)29(28)38-30(31)24(16-17-32(31,37)26(34)21-23)33(2)27(36)13-9-5-8-12-22-10-6-4-7-11-22/h3-4,6-7,10-11,14-15,24,26,30,35,37H,1,5,8-9,12-13,16-21H2,2H3/t24-,26-,30+,31+,32-/m1/s1. The normalized spacial score (nSPS) is 30.8. The molecule has 2 aromatic carbocycles. The number of hydrogen-bond acceptors (Lipinski definition) is 5. The molecule has 2 bridgehead atoms. The molecule has 38 heavy (non-hydrogen) atoms. The third-order valence-corrected chi connectivity index (χ3v) is 10.00. The Labute approximate surface area is 225 Å². The fourth-order valence-electron chi connectivity index (χ4n) is 8.17. The second-order valence-corrected chi connectivity index (χ2v) is 11.8. The summed E-state index contributed by atoms with van der Waals surface area (Å²) in [6, 6.07) is 14.0. The fraction of sp³-hybridized carbons (Fsp3) is 0.531. The number of benzene rings is 2. The number of amides is 1. The predicted octanol–water partition coefficient (Wildman–Crippen LogP) is 4.36. The third kappa shape index (κ3) is 3.71. The molecule has 2 aliphatic heterocycles. The van der Waals surface area contributed by atoms with Gasteiger partial charge in [-0.15, -0.1) is 6.58 Å². The van der Waals surface area contributed by atoms with Crippen LogP contribution in [0, 0.1) is 0 Å². The highest BCUT2D eigenvalue weighted by Crippen LogP contribution is 2.65. The Morgan fingerprint density at radius 2 is 2.00 bits per heavy atom. The van der Waals surface area contributed by atoms with Gasteiger partial charge in [0.25, 0.3) is 0 Å². The molecule has 0 radical (unpaired) electrons. The van der Waals surface area contributed by atoms with Gasteiger partial charge < -0.3 is 19.8 Å². The summed E-state index contributed by atoms with van der Waals surface area (Å²) < 4.78 is 6.60. The molecule has 0 aromatic heterocycles. The summed E-state index contributed by atoms with van der Waals surface area (Å²) in [4.78, 5) is 17.6. The number of aliphatic hydroxyl groups is 1. The number of likely N-dealkylation sites (N-methyl/N-ethyl adjacent to an activating group) is 1. The molecule has 2 aromatic rings. The third-order valence-electron chi connectivity index (χ3n) is 10.00. The molecular formula is C32H40N2O4. The van der Waals surface area contributed by atoms with Crippen LogP contribution in [-0.2, 0) is 23.1 Å². The van der Waals surface area contributed by atoms with Crippen LogP contribution in [0.3, 0.4) is 0 Å². The van der Waals surface area contributed by atoms with Crippen molar-refractivity contribution in [2.45, 2.75) is 87.0 Å². The number of aryl methyl sites for hydroxylation is 1. The van der Waals surface area contributed by atoms with Gasteiger partial charge in [0, 0.05) is 31.6 Å². The Morgan fingerprint density at radius 1 is 1.18 bits per heavy atom. The monoisotopic (exact) mass is 516 g/mol. The van der Waals surface area contributed by atoms with Gasteiger partial charge in [-0.2, -0.15) is 0 Å². The highest BCUT2D eigenvalue weighted by atomic mass is 16.5. The summed E-state index contributed by atoms with van der Waals surface area (Å²) >= 11 is 0. The second-order valence-electron chi connectivity index (χ2n) is 11.8. The summed E-state index contributed by atoms with van der Waals surface area (Å²) in [6.45, 7) is 5.52. The van der Waals surface area contributed by atoms with Crippen LogP contribution >= 0.6 is 0 Å². The molecule has 4 aliphatic rings. The molecule has 202 valence electrons. The highest BCUT2D eigenvalue weighted by Gasteiger charge is 2.73. The predicted molar refractivity (Wildman–Crippen MR) is 147 cm³/mol. The van der Waals surface area contributed by atoms with E-state index in [1.165, 1.54) is 5.56 Å². The topological polar surface area (TPSA) is 73.2 Å². The molecule has 6 rings (SSSR count). The number of piperidine rings is 1. The summed E-state index contributed by atoms with van der Waals surface area (Å²) in [5.41, 5.74) is 1.89. The molecule has 5 atom stereocenters. The van der Waals surface area contributed by atoms with E-state index >= 15 is 0 Å². The lowest BCUT2D eigenvalue weighted by atomic mass is 9.48. The van der Waals surface area contributed by atoms with E-state index in [-0.39, 0.29) is 29.8 Å². The van der Waals surface area contributed by atoms with Gasteiger partial charge in [-0.25, -0.2) is 0 Å². The number of ether oxygens (including phenoxy) is 1. The van der Waals surface area contributed by atoms with Crippen molar-refractivity contribution in [1.29, 1.82) is 0 Å². The largest absolute Gasteiger partial charge is 0.504 e. The number of rotatable bonds is 9. The van der Waals surface area contributed by atoms with Crippen molar-refractivity contribution >= 4 is 5.91 Å². The van der Waals surface area contributed by atoms with Crippen LogP contribution in [-0.4, -0.2) is 69.8 Å². The van der Waals surface area contributed by atoms with Gasteiger partial charge in [0.05, 0.1) is 17.1 Å². The van der Waals surface area contributed by atoms with Crippen LogP contribution < -0.4 is 4.74 Å².